The summed E-state index contributed by atoms with van der Waals surface area (Å²) in [5.74, 6) is 0.836. The first-order valence-corrected chi connectivity index (χ1v) is 11.2. The molecule has 160 valence electrons. The van der Waals surface area contributed by atoms with Crippen LogP contribution in [0.3, 0.4) is 0 Å². The lowest BCUT2D eigenvalue weighted by atomic mass is 9.88. The molecule has 31 heavy (non-hydrogen) atoms. The van der Waals surface area contributed by atoms with Crippen molar-refractivity contribution >= 4 is 17.4 Å². The summed E-state index contributed by atoms with van der Waals surface area (Å²) in [5.41, 5.74) is 4.46. The van der Waals surface area contributed by atoms with Crippen LogP contribution in [0.4, 0.5) is 5.69 Å². The van der Waals surface area contributed by atoms with Crippen LogP contribution in [0, 0.1) is 17.2 Å². The number of amides is 1. The van der Waals surface area contributed by atoms with Gasteiger partial charge in [0.15, 0.2) is 5.78 Å². The van der Waals surface area contributed by atoms with Gasteiger partial charge in [-0.25, -0.2) is 0 Å². The zero-order chi connectivity index (χ0) is 21.8. The molecule has 4 rings (SSSR count). The number of hydrogen-bond acceptors (Lipinski definition) is 4. The maximum Gasteiger partial charge on any atom is 0.227 e. The standard InChI is InChI=1S/C26H29N3O2/c1-18-12-13-28-23(15-18)26(31)22-9-10-24-21(16-22)3-2-14-29(24)25(30)11-8-19-4-6-20(17-27)7-5-19/h4-7,9-10,16,18,23,28H,2-3,8,11-15H2,1H3. The zero-order valence-corrected chi connectivity index (χ0v) is 18.1. The summed E-state index contributed by atoms with van der Waals surface area (Å²) in [6.07, 6.45) is 4.88. The average molecular weight is 416 g/mol. The number of carbonyl (C=O) groups excluding carboxylic acids is 2. The molecule has 2 heterocycles. The van der Waals surface area contributed by atoms with Gasteiger partial charge >= 0.3 is 0 Å². The molecule has 2 aliphatic rings. The molecule has 0 spiro atoms. The molecule has 2 atom stereocenters. The van der Waals surface area contributed by atoms with E-state index in [1.54, 1.807) is 12.1 Å². The minimum absolute atomic E-state index is 0.101. The van der Waals surface area contributed by atoms with Crippen LogP contribution in [0.25, 0.3) is 0 Å². The van der Waals surface area contributed by atoms with Gasteiger partial charge in [0.2, 0.25) is 5.91 Å². The summed E-state index contributed by atoms with van der Waals surface area (Å²) >= 11 is 0. The fourth-order valence-electron chi connectivity index (χ4n) is 4.65. The number of benzene rings is 2. The van der Waals surface area contributed by atoms with Crippen molar-refractivity contribution in [3.05, 3.63) is 64.7 Å². The maximum absolute atomic E-state index is 13.0. The highest BCUT2D eigenvalue weighted by atomic mass is 16.2. The van der Waals surface area contributed by atoms with Crippen molar-refractivity contribution in [3.8, 4) is 6.07 Å². The Labute approximate surface area is 184 Å². The predicted octanol–water partition coefficient (Wildman–Crippen LogP) is 4.04. The van der Waals surface area contributed by atoms with E-state index in [2.05, 4.69) is 18.3 Å². The molecular formula is C26H29N3O2. The molecular weight excluding hydrogens is 386 g/mol. The monoisotopic (exact) mass is 415 g/mol. The maximum atomic E-state index is 13.0. The van der Waals surface area contributed by atoms with Gasteiger partial charge in [-0.2, -0.15) is 5.26 Å². The van der Waals surface area contributed by atoms with E-state index in [-0.39, 0.29) is 17.7 Å². The van der Waals surface area contributed by atoms with Crippen molar-refractivity contribution in [2.45, 2.75) is 51.5 Å². The third kappa shape index (κ3) is 4.86. The number of Topliss-reactive ketones (excluding diaryl/α,β-unsaturated/α-hetero) is 1. The molecule has 1 N–H and O–H groups in total. The first kappa shape index (κ1) is 21.3. The molecule has 1 saturated heterocycles. The minimum Gasteiger partial charge on any atom is -0.312 e. The Hall–Kier alpha value is -2.97. The highest BCUT2D eigenvalue weighted by molar-refractivity contribution is 6.01. The summed E-state index contributed by atoms with van der Waals surface area (Å²) in [5, 5.41) is 12.3. The second-order valence-electron chi connectivity index (χ2n) is 8.80. The Morgan fingerprint density at radius 1 is 1.19 bits per heavy atom. The Bertz CT molecular complexity index is 1010. The van der Waals surface area contributed by atoms with Gasteiger partial charge in [-0.1, -0.05) is 19.1 Å². The van der Waals surface area contributed by atoms with Gasteiger partial charge in [-0.05, 0) is 86.0 Å². The summed E-state index contributed by atoms with van der Waals surface area (Å²) in [4.78, 5) is 27.8. The largest absolute Gasteiger partial charge is 0.312 e. The topological polar surface area (TPSA) is 73.2 Å². The highest BCUT2D eigenvalue weighted by Gasteiger charge is 2.28. The van der Waals surface area contributed by atoms with Gasteiger partial charge in [0.1, 0.15) is 0 Å². The van der Waals surface area contributed by atoms with Crippen molar-refractivity contribution in [1.82, 2.24) is 5.32 Å². The van der Waals surface area contributed by atoms with Crippen molar-refractivity contribution in [1.29, 1.82) is 5.26 Å². The molecule has 0 saturated carbocycles. The molecule has 0 aromatic heterocycles. The number of nitriles is 1. The van der Waals surface area contributed by atoms with Gasteiger partial charge in [-0.15, -0.1) is 0 Å². The van der Waals surface area contributed by atoms with Crippen molar-refractivity contribution in [3.63, 3.8) is 0 Å². The quantitative estimate of drug-likeness (QED) is 0.748. The summed E-state index contributed by atoms with van der Waals surface area (Å²) in [7, 11) is 0. The second kappa shape index (κ2) is 9.45. The molecule has 5 heteroatoms. The van der Waals surface area contributed by atoms with Crippen LogP contribution in [0.1, 0.15) is 59.7 Å². The van der Waals surface area contributed by atoms with Crippen molar-refractivity contribution < 1.29 is 9.59 Å². The normalized spacial score (nSPS) is 20.6. The van der Waals surface area contributed by atoms with Gasteiger partial charge < -0.3 is 10.2 Å². The Kier molecular flexibility index (Phi) is 6.48. The lowest BCUT2D eigenvalue weighted by Crippen LogP contribution is -2.43. The number of nitrogens with one attached hydrogen (secondary N) is 1. The smallest absolute Gasteiger partial charge is 0.227 e. The molecule has 0 aliphatic carbocycles. The third-order valence-electron chi connectivity index (χ3n) is 6.48. The Morgan fingerprint density at radius 3 is 2.74 bits per heavy atom. The van der Waals surface area contributed by atoms with Crippen LogP contribution in [-0.2, 0) is 17.6 Å². The first-order valence-electron chi connectivity index (χ1n) is 11.2. The molecule has 1 amide bonds. The van der Waals surface area contributed by atoms with Crippen LogP contribution in [0.15, 0.2) is 42.5 Å². The minimum atomic E-state index is -0.101. The highest BCUT2D eigenvalue weighted by Crippen LogP contribution is 2.30. The van der Waals surface area contributed by atoms with E-state index in [1.807, 2.05) is 35.2 Å². The van der Waals surface area contributed by atoms with Gasteiger partial charge in [-0.3, -0.25) is 9.59 Å². The van der Waals surface area contributed by atoms with Crippen LogP contribution in [0.5, 0.6) is 0 Å². The molecule has 0 bridgehead atoms. The Morgan fingerprint density at radius 2 is 2.00 bits per heavy atom. The summed E-state index contributed by atoms with van der Waals surface area (Å²) in [6, 6.07) is 15.2. The van der Waals surface area contributed by atoms with Gasteiger partial charge in [0, 0.05) is 24.2 Å². The molecule has 2 unspecified atom stereocenters. The van der Waals surface area contributed by atoms with Gasteiger partial charge in [0.05, 0.1) is 17.7 Å². The van der Waals surface area contributed by atoms with E-state index in [9.17, 15) is 9.59 Å². The fraction of sp³-hybridized carbons (Fsp3) is 0.423. The predicted molar refractivity (Wildman–Crippen MR) is 121 cm³/mol. The summed E-state index contributed by atoms with van der Waals surface area (Å²) < 4.78 is 0. The van der Waals surface area contributed by atoms with E-state index < -0.39 is 0 Å². The van der Waals surface area contributed by atoms with Gasteiger partial charge in [0.25, 0.3) is 0 Å². The van der Waals surface area contributed by atoms with Crippen molar-refractivity contribution in [2.24, 2.45) is 5.92 Å². The van der Waals surface area contributed by atoms with E-state index in [4.69, 9.17) is 5.26 Å². The second-order valence-corrected chi connectivity index (χ2v) is 8.80. The fourth-order valence-corrected chi connectivity index (χ4v) is 4.65. The molecule has 2 aromatic carbocycles. The third-order valence-corrected chi connectivity index (χ3v) is 6.48. The summed E-state index contributed by atoms with van der Waals surface area (Å²) in [6.45, 7) is 3.81. The number of nitrogens with zero attached hydrogens (tertiary/aromatic N) is 2. The first-order chi connectivity index (χ1) is 15.0. The van der Waals surface area contributed by atoms with E-state index in [0.717, 1.165) is 54.6 Å². The van der Waals surface area contributed by atoms with E-state index in [0.29, 0.717) is 30.9 Å². The molecule has 2 aliphatic heterocycles. The number of piperidine rings is 1. The van der Waals surface area contributed by atoms with Crippen molar-refractivity contribution in [2.75, 3.05) is 18.0 Å². The molecule has 1 fully saturated rings. The number of hydrogen-bond donors (Lipinski definition) is 1. The zero-order valence-electron chi connectivity index (χ0n) is 18.1. The van der Waals surface area contributed by atoms with Crippen LogP contribution >= 0.6 is 0 Å². The SMILES string of the molecule is CC1CCNC(C(=O)c2ccc3c(c2)CCCN3C(=O)CCc2ccc(C#N)cc2)C1. The molecule has 2 aromatic rings. The lowest BCUT2D eigenvalue weighted by Gasteiger charge is -2.31. The number of aryl methyl sites for hydroxylation is 2. The Balaban J connectivity index is 1.44. The number of rotatable bonds is 5. The van der Waals surface area contributed by atoms with E-state index in [1.165, 1.54) is 0 Å². The lowest BCUT2D eigenvalue weighted by molar-refractivity contribution is -0.118. The molecule has 0 radical (unpaired) electrons. The molecule has 5 nitrogen and oxygen atoms in total. The van der Waals surface area contributed by atoms with Crippen LogP contribution in [0.2, 0.25) is 0 Å². The van der Waals surface area contributed by atoms with Crippen LogP contribution < -0.4 is 10.2 Å². The number of fused-ring (bicyclic) bond motifs is 1. The number of anilines is 1. The number of carbonyl (C=O) groups is 2. The van der Waals surface area contributed by atoms with Crippen LogP contribution in [-0.4, -0.2) is 30.8 Å². The van der Waals surface area contributed by atoms with E-state index >= 15 is 0 Å². The number of ketones is 1. The average Bonchev–Trinajstić information content (AvgIpc) is 2.81.